The maximum atomic E-state index is 11.8. The second-order valence-corrected chi connectivity index (χ2v) is 6.23. The number of nitriles is 1. The second kappa shape index (κ2) is 6.67. The molecule has 2 aliphatic rings. The predicted molar refractivity (Wildman–Crippen MR) is 89.7 cm³/mol. The van der Waals surface area contributed by atoms with Gasteiger partial charge in [-0.15, -0.1) is 4.99 Å². The predicted octanol–water partition coefficient (Wildman–Crippen LogP) is 1.90. The molecule has 0 saturated carbocycles. The number of benzene rings is 1. The Kier molecular flexibility index (Phi) is 4.44. The summed E-state index contributed by atoms with van der Waals surface area (Å²) < 4.78 is 0. The number of hydrogen-bond donors (Lipinski definition) is 1. The van der Waals surface area contributed by atoms with Gasteiger partial charge in [-0.3, -0.25) is 14.9 Å². The third-order valence-corrected chi connectivity index (χ3v) is 4.59. The lowest BCUT2D eigenvalue weighted by molar-refractivity contribution is -0.119. The van der Waals surface area contributed by atoms with E-state index < -0.39 is 0 Å². The average Bonchev–Trinajstić information content (AvgIpc) is 2.89. The number of thioether (sulfide) groups is 1. The van der Waals surface area contributed by atoms with Crippen LogP contribution in [0.3, 0.4) is 0 Å². The Morgan fingerprint density at radius 1 is 1.22 bits per heavy atom. The molecule has 2 fully saturated rings. The van der Waals surface area contributed by atoms with Gasteiger partial charge in [-0.25, -0.2) is 0 Å². The zero-order valence-corrected chi connectivity index (χ0v) is 13.1. The summed E-state index contributed by atoms with van der Waals surface area (Å²) >= 11 is 1.15. The van der Waals surface area contributed by atoms with Gasteiger partial charge in [-0.1, -0.05) is 12.1 Å². The molecule has 0 spiro atoms. The number of Topliss-reactive ketones (excluding diaryl/α,β-unsaturated/α-hetero) is 1. The number of hydrogen-bond acceptors (Lipinski definition) is 6. The number of rotatable bonds is 2. The van der Waals surface area contributed by atoms with Crippen LogP contribution in [-0.4, -0.2) is 29.9 Å². The number of anilines is 1. The van der Waals surface area contributed by atoms with Crippen molar-refractivity contribution in [1.29, 1.82) is 5.26 Å². The number of amides is 1. The summed E-state index contributed by atoms with van der Waals surface area (Å²) in [6, 6.07) is 7.85. The maximum absolute atomic E-state index is 11.8. The number of nitrogens with zero attached hydrogens (tertiary/aromatic N) is 3. The molecule has 3 rings (SSSR count). The van der Waals surface area contributed by atoms with Gasteiger partial charge < -0.3 is 4.90 Å². The third kappa shape index (κ3) is 3.60. The Labute approximate surface area is 137 Å². The molecular formula is C16H14N4O2S. The molecule has 1 amide bonds. The van der Waals surface area contributed by atoms with Gasteiger partial charge in [0.1, 0.15) is 5.78 Å². The van der Waals surface area contributed by atoms with Gasteiger partial charge in [0.05, 0.1) is 4.91 Å². The number of carbonyl (C=O) groups is 2. The van der Waals surface area contributed by atoms with Gasteiger partial charge in [0, 0.05) is 31.6 Å². The molecule has 1 aromatic rings. The van der Waals surface area contributed by atoms with Crippen LogP contribution < -0.4 is 10.2 Å². The van der Waals surface area contributed by atoms with E-state index in [1.165, 1.54) is 0 Å². The van der Waals surface area contributed by atoms with Crippen molar-refractivity contribution in [3.63, 3.8) is 0 Å². The van der Waals surface area contributed by atoms with Crippen LogP contribution in [0.4, 0.5) is 5.69 Å². The fourth-order valence-corrected chi connectivity index (χ4v) is 3.25. The monoisotopic (exact) mass is 326 g/mol. The topological polar surface area (TPSA) is 85.6 Å². The maximum Gasteiger partial charge on any atom is 0.264 e. The van der Waals surface area contributed by atoms with Crippen molar-refractivity contribution >= 4 is 40.4 Å². The first-order valence-electron chi connectivity index (χ1n) is 7.20. The number of ketones is 1. The van der Waals surface area contributed by atoms with Gasteiger partial charge in [-0.2, -0.15) is 5.26 Å². The minimum absolute atomic E-state index is 0.248. The molecule has 1 aromatic carbocycles. The number of amidine groups is 1. The minimum atomic E-state index is -0.248. The molecule has 0 unspecified atom stereocenters. The Balaban J connectivity index is 1.72. The van der Waals surface area contributed by atoms with E-state index in [4.69, 9.17) is 5.26 Å². The zero-order chi connectivity index (χ0) is 16.2. The molecule has 23 heavy (non-hydrogen) atoms. The Bertz CT molecular complexity index is 736. The highest BCUT2D eigenvalue weighted by Crippen LogP contribution is 2.27. The average molecular weight is 326 g/mol. The normalized spacial score (nSPS) is 21.6. The first-order valence-corrected chi connectivity index (χ1v) is 8.02. The molecule has 0 radical (unpaired) electrons. The zero-order valence-electron chi connectivity index (χ0n) is 12.3. The minimum Gasteiger partial charge on any atom is -0.371 e. The van der Waals surface area contributed by atoms with E-state index in [9.17, 15) is 9.59 Å². The quantitative estimate of drug-likeness (QED) is 0.662. The molecule has 2 heterocycles. The van der Waals surface area contributed by atoms with Crippen molar-refractivity contribution in [3.05, 3.63) is 34.7 Å². The Hall–Kier alpha value is -2.59. The number of piperidine rings is 1. The standard InChI is InChI=1S/C16H14N4O2S/c17-10-18-16-19-15(22)14(23-16)9-11-1-3-12(4-2-11)20-7-5-13(21)6-8-20/h1-4,9H,5-8H2,(H,18,19,22)/b14-9+. The van der Waals surface area contributed by atoms with Gasteiger partial charge >= 0.3 is 0 Å². The SMILES string of the molecule is N#CN=C1NC(=O)/C(=C\c2ccc(N3CCC(=O)CC3)cc2)S1. The first-order chi connectivity index (χ1) is 11.2. The lowest BCUT2D eigenvalue weighted by Crippen LogP contribution is -2.33. The summed E-state index contributed by atoms with van der Waals surface area (Å²) in [5.74, 6) is 0.0735. The van der Waals surface area contributed by atoms with Crippen LogP contribution in [0.25, 0.3) is 6.08 Å². The molecule has 0 aliphatic carbocycles. The molecule has 116 valence electrons. The van der Waals surface area contributed by atoms with E-state index in [2.05, 4.69) is 15.2 Å². The van der Waals surface area contributed by atoms with Crippen molar-refractivity contribution < 1.29 is 9.59 Å². The molecule has 6 nitrogen and oxygen atoms in total. The Morgan fingerprint density at radius 2 is 1.91 bits per heavy atom. The van der Waals surface area contributed by atoms with Crippen LogP contribution in [0, 0.1) is 11.5 Å². The largest absolute Gasteiger partial charge is 0.371 e. The molecule has 2 saturated heterocycles. The van der Waals surface area contributed by atoms with Crippen LogP contribution in [-0.2, 0) is 9.59 Å². The van der Waals surface area contributed by atoms with Crippen molar-refractivity contribution in [2.24, 2.45) is 4.99 Å². The van der Waals surface area contributed by atoms with E-state index in [1.807, 2.05) is 24.3 Å². The van der Waals surface area contributed by atoms with Crippen molar-refractivity contribution in [2.45, 2.75) is 12.8 Å². The summed E-state index contributed by atoms with van der Waals surface area (Å²) in [6.45, 7) is 1.51. The third-order valence-electron chi connectivity index (χ3n) is 3.68. The highest BCUT2D eigenvalue weighted by molar-refractivity contribution is 8.18. The summed E-state index contributed by atoms with van der Waals surface area (Å²) in [4.78, 5) is 29.3. The van der Waals surface area contributed by atoms with Gasteiger partial charge in [0.25, 0.3) is 5.91 Å². The van der Waals surface area contributed by atoms with E-state index in [0.29, 0.717) is 28.7 Å². The van der Waals surface area contributed by atoms with Crippen LogP contribution >= 0.6 is 11.8 Å². The van der Waals surface area contributed by atoms with E-state index in [1.54, 1.807) is 12.3 Å². The van der Waals surface area contributed by atoms with E-state index in [0.717, 1.165) is 36.1 Å². The number of nitrogens with one attached hydrogen (secondary N) is 1. The summed E-state index contributed by atoms with van der Waals surface area (Å²) in [5, 5.41) is 11.4. The van der Waals surface area contributed by atoms with Crippen LogP contribution in [0.15, 0.2) is 34.2 Å². The molecule has 0 bridgehead atoms. The molecule has 0 atom stereocenters. The number of carbonyl (C=O) groups excluding carboxylic acids is 2. The summed E-state index contributed by atoms with van der Waals surface area (Å²) in [7, 11) is 0. The molecular weight excluding hydrogens is 312 g/mol. The van der Waals surface area contributed by atoms with Crippen LogP contribution in [0.5, 0.6) is 0 Å². The van der Waals surface area contributed by atoms with Crippen LogP contribution in [0.2, 0.25) is 0 Å². The molecule has 1 N–H and O–H groups in total. The lowest BCUT2D eigenvalue weighted by Gasteiger charge is -2.28. The Morgan fingerprint density at radius 3 is 2.57 bits per heavy atom. The summed E-state index contributed by atoms with van der Waals surface area (Å²) in [6.07, 6.45) is 4.63. The van der Waals surface area contributed by atoms with Gasteiger partial charge in [0.15, 0.2) is 5.17 Å². The first kappa shape index (κ1) is 15.3. The van der Waals surface area contributed by atoms with Crippen LogP contribution in [0.1, 0.15) is 18.4 Å². The van der Waals surface area contributed by atoms with E-state index in [-0.39, 0.29) is 5.91 Å². The van der Waals surface area contributed by atoms with Crippen molar-refractivity contribution in [3.8, 4) is 6.19 Å². The fraction of sp³-hybridized carbons (Fsp3) is 0.250. The van der Waals surface area contributed by atoms with Gasteiger partial charge in [-0.05, 0) is 35.5 Å². The summed E-state index contributed by atoms with van der Waals surface area (Å²) in [5.41, 5.74) is 1.98. The van der Waals surface area contributed by atoms with Crippen molar-refractivity contribution in [1.82, 2.24) is 5.32 Å². The van der Waals surface area contributed by atoms with Crippen molar-refractivity contribution in [2.75, 3.05) is 18.0 Å². The fourth-order valence-electron chi connectivity index (χ4n) is 2.47. The highest BCUT2D eigenvalue weighted by atomic mass is 32.2. The molecule has 7 heteroatoms. The highest BCUT2D eigenvalue weighted by Gasteiger charge is 2.23. The van der Waals surface area contributed by atoms with Gasteiger partial charge in [0.2, 0.25) is 6.19 Å². The van der Waals surface area contributed by atoms with E-state index >= 15 is 0 Å². The molecule has 2 aliphatic heterocycles. The second-order valence-electron chi connectivity index (χ2n) is 5.20. The smallest absolute Gasteiger partial charge is 0.264 e. The number of aliphatic imine (C=N–C) groups is 1. The molecule has 0 aromatic heterocycles. The lowest BCUT2D eigenvalue weighted by atomic mass is 10.1.